The first-order valence-corrected chi connectivity index (χ1v) is 9.53. The second kappa shape index (κ2) is 6.54. The molecule has 26 heavy (non-hydrogen) atoms. The van der Waals surface area contributed by atoms with Crippen molar-refractivity contribution in [3.05, 3.63) is 66.5 Å². The van der Waals surface area contributed by atoms with Crippen molar-refractivity contribution in [2.75, 3.05) is 17.8 Å². The summed E-state index contributed by atoms with van der Waals surface area (Å²) < 4.78 is 46.6. The van der Waals surface area contributed by atoms with Crippen LogP contribution in [-0.4, -0.2) is 26.5 Å². The van der Waals surface area contributed by atoms with Gasteiger partial charge in [0.2, 0.25) is 0 Å². The standard InChI is InChI=1S/C18H16FN3O3S/c19-17-6-5-15(7-16(17)18-10-25-11-21-18)26(23,24)22-14-3-1-12(2-4-14)13-8-20-9-13/h1-7,10-11,13,20,22H,8-9H2. The number of nitrogens with one attached hydrogen (secondary N) is 2. The fourth-order valence-corrected chi connectivity index (χ4v) is 3.86. The summed E-state index contributed by atoms with van der Waals surface area (Å²) in [6.45, 7) is 1.87. The topological polar surface area (TPSA) is 84.2 Å². The number of rotatable bonds is 5. The van der Waals surface area contributed by atoms with Crippen molar-refractivity contribution in [1.82, 2.24) is 10.3 Å². The lowest BCUT2D eigenvalue weighted by atomic mass is 9.94. The Bertz CT molecular complexity index is 1010. The van der Waals surface area contributed by atoms with Crippen LogP contribution in [0.1, 0.15) is 11.5 Å². The number of nitrogens with zero attached hydrogens (tertiary/aromatic N) is 1. The molecule has 1 fully saturated rings. The molecule has 8 heteroatoms. The first kappa shape index (κ1) is 16.7. The van der Waals surface area contributed by atoms with Gasteiger partial charge in [0.05, 0.1) is 4.90 Å². The Morgan fingerprint density at radius 2 is 1.92 bits per heavy atom. The van der Waals surface area contributed by atoms with E-state index in [1.807, 2.05) is 12.1 Å². The third-order valence-corrected chi connectivity index (χ3v) is 5.75. The zero-order valence-electron chi connectivity index (χ0n) is 13.6. The van der Waals surface area contributed by atoms with E-state index in [9.17, 15) is 12.8 Å². The highest BCUT2D eigenvalue weighted by molar-refractivity contribution is 7.92. The molecule has 2 aromatic carbocycles. The third kappa shape index (κ3) is 3.21. The zero-order valence-corrected chi connectivity index (χ0v) is 14.5. The first-order valence-electron chi connectivity index (χ1n) is 8.04. The molecule has 1 aromatic heterocycles. The van der Waals surface area contributed by atoms with Gasteiger partial charge in [-0.2, -0.15) is 0 Å². The highest BCUT2D eigenvalue weighted by atomic mass is 32.2. The van der Waals surface area contributed by atoms with Gasteiger partial charge >= 0.3 is 0 Å². The molecular formula is C18H16FN3O3S. The number of aromatic nitrogens is 1. The number of oxazole rings is 1. The quantitative estimate of drug-likeness (QED) is 0.718. The van der Waals surface area contributed by atoms with Gasteiger partial charge in [0, 0.05) is 30.3 Å². The number of hydrogen-bond acceptors (Lipinski definition) is 5. The Morgan fingerprint density at radius 1 is 1.15 bits per heavy atom. The van der Waals surface area contributed by atoms with Crippen molar-refractivity contribution in [1.29, 1.82) is 0 Å². The minimum absolute atomic E-state index is 0.0517. The van der Waals surface area contributed by atoms with Gasteiger partial charge in [-0.3, -0.25) is 4.72 Å². The molecule has 0 saturated carbocycles. The summed E-state index contributed by atoms with van der Waals surface area (Å²) in [5.41, 5.74) is 1.92. The average Bonchev–Trinajstić information content (AvgIpc) is 3.09. The number of hydrogen-bond donors (Lipinski definition) is 2. The molecule has 2 N–H and O–H groups in total. The van der Waals surface area contributed by atoms with E-state index < -0.39 is 15.8 Å². The lowest BCUT2D eigenvalue weighted by molar-refractivity contribution is 0.448. The summed E-state index contributed by atoms with van der Waals surface area (Å²) in [5.74, 6) is -0.0981. The van der Waals surface area contributed by atoms with E-state index >= 15 is 0 Å². The van der Waals surface area contributed by atoms with Crippen LogP contribution in [0.2, 0.25) is 0 Å². The summed E-state index contributed by atoms with van der Waals surface area (Å²) >= 11 is 0. The lowest BCUT2D eigenvalue weighted by Gasteiger charge is -2.27. The normalized spacial score (nSPS) is 14.8. The van der Waals surface area contributed by atoms with E-state index in [0.717, 1.165) is 25.5 Å². The van der Waals surface area contributed by atoms with Crippen LogP contribution in [0.5, 0.6) is 0 Å². The number of anilines is 1. The molecular weight excluding hydrogens is 357 g/mol. The van der Waals surface area contributed by atoms with Crippen LogP contribution in [0.25, 0.3) is 11.3 Å². The van der Waals surface area contributed by atoms with Gasteiger partial charge in [-0.25, -0.2) is 17.8 Å². The van der Waals surface area contributed by atoms with Gasteiger partial charge < -0.3 is 9.73 Å². The Morgan fingerprint density at radius 3 is 2.54 bits per heavy atom. The average molecular weight is 373 g/mol. The van der Waals surface area contributed by atoms with Gasteiger partial charge in [-0.1, -0.05) is 12.1 Å². The molecule has 4 rings (SSSR count). The molecule has 0 atom stereocenters. The van der Waals surface area contributed by atoms with Crippen LogP contribution in [0, 0.1) is 5.82 Å². The number of benzene rings is 2. The summed E-state index contributed by atoms with van der Waals surface area (Å²) in [7, 11) is -3.86. The molecule has 6 nitrogen and oxygen atoms in total. The van der Waals surface area contributed by atoms with Crippen molar-refractivity contribution < 1.29 is 17.2 Å². The van der Waals surface area contributed by atoms with Crippen LogP contribution in [0.4, 0.5) is 10.1 Å². The van der Waals surface area contributed by atoms with Gasteiger partial charge in [-0.05, 0) is 35.9 Å². The SMILES string of the molecule is O=S(=O)(Nc1ccc(C2CNC2)cc1)c1ccc(F)c(-c2cocn2)c1. The summed E-state index contributed by atoms with van der Waals surface area (Å²) in [6, 6.07) is 10.8. The van der Waals surface area contributed by atoms with Gasteiger partial charge in [0.1, 0.15) is 17.8 Å². The Labute approximate surface area is 150 Å². The summed E-state index contributed by atoms with van der Waals surface area (Å²) in [4.78, 5) is 3.82. The Hall–Kier alpha value is -2.71. The Balaban J connectivity index is 1.59. The van der Waals surface area contributed by atoms with E-state index in [1.165, 1.54) is 24.0 Å². The second-order valence-electron chi connectivity index (χ2n) is 6.10. The smallest absolute Gasteiger partial charge is 0.261 e. The molecule has 0 bridgehead atoms. The third-order valence-electron chi connectivity index (χ3n) is 4.37. The fourth-order valence-electron chi connectivity index (χ4n) is 2.78. The second-order valence-corrected chi connectivity index (χ2v) is 7.78. The summed E-state index contributed by atoms with van der Waals surface area (Å²) in [5, 5.41) is 3.20. The molecule has 0 spiro atoms. The molecule has 1 saturated heterocycles. The van der Waals surface area contributed by atoms with Crippen LogP contribution in [-0.2, 0) is 10.0 Å². The van der Waals surface area contributed by atoms with E-state index in [4.69, 9.17) is 4.42 Å². The van der Waals surface area contributed by atoms with Crippen molar-refractivity contribution in [2.24, 2.45) is 0 Å². The first-order chi connectivity index (χ1) is 12.5. The highest BCUT2D eigenvalue weighted by Crippen LogP contribution is 2.26. The van der Waals surface area contributed by atoms with E-state index in [0.29, 0.717) is 11.6 Å². The minimum Gasteiger partial charge on any atom is -0.451 e. The number of sulfonamides is 1. The predicted molar refractivity (Wildman–Crippen MR) is 94.8 cm³/mol. The van der Waals surface area contributed by atoms with Crippen LogP contribution >= 0.6 is 0 Å². The van der Waals surface area contributed by atoms with Crippen molar-refractivity contribution >= 4 is 15.7 Å². The van der Waals surface area contributed by atoms with Crippen molar-refractivity contribution in [2.45, 2.75) is 10.8 Å². The molecule has 0 radical (unpaired) electrons. The zero-order chi connectivity index (χ0) is 18.1. The van der Waals surface area contributed by atoms with Crippen molar-refractivity contribution in [3.63, 3.8) is 0 Å². The van der Waals surface area contributed by atoms with E-state index in [1.54, 1.807) is 12.1 Å². The molecule has 0 unspecified atom stereocenters. The van der Waals surface area contributed by atoms with Gasteiger partial charge in [0.25, 0.3) is 10.0 Å². The molecule has 134 valence electrons. The molecule has 0 aliphatic carbocycles. The number of halogens is 1. The maximum absolute atomic E-state index is 14.0. The van der Waals surface area contributed by atoms with Gasteiger partial charge in [0.15, 0.2) is 6.39 Å². The van der Waals surface area contributed by atoms with Gasteiger partial charge in [-0.15, -0.1) is 0 Å². The van der Waals surface area contributed by atoms with Crippen molar-refractivity contribution in [3.8, 4) is 11.3 Å². The fraction of sp³-hybridized carbons (Fsp3) is 0.167. The monoisotopic (exact) mass is 373 g/mol. The maximum atomic E-state index is 14.0. The highest BCUT2D eigenvalue weighted by Gasteiger charge is 2.20. The van der Waals surface area contributed by atoms with E-state index in [2.05, 4.69) is 15.0 Å². The molecule has 2 heterocycles. The van der Waals surface area contributed by atoms with E-state index in [-0.39, 0.29) is 16.2 Å². The minimum atomic E-state index is -3.86. The van der Waals surface area contributed by atoms with Crippen LogP contribution in [0.3, 0.4) is 0 Å². The largest absolute Gasteiger partial charge is 0.451 e. The van der Waals surface area contributed by atoms with Crippen LogP contribution in [0.15, 0.2) is 64.4 Å². The summed E-state index contributed by atoms with van der Waals surface area (Å²) in [6.07, 6.45) is 2.42. The Kier molecular flexibility index (Phi) is 4.21. The molecule has 3 aromatic rings. The van der Waals surface area contributed by atoms with Crippen LogP contribution < -0.4 is 10.0 Å². The lowest BCUT2D eigenvalue weighted by Crippen LogP contribution is -2.39. The maximum Gasteiger partial charge on any atom is 0.261 e. The molecule has 1 aliphatic rings. The predicted octanol–water partition coefficient (Wildman–Crippen LogP) is 2.97. The molecule has 0 amide bonds. The molecule has 1 aliphatic heterocycles.